The second-order valence-electron chi connectivity index (χ2n) is 1.83. The van der Waals surface area contributed by atoms with Crippen molar-refractivity contribution in [2.75, 3.05) is 13.2 Å². The van der Waals surface area contributed by atoms with Crippen molar-refractivity contribution in [3.63, 3.8) is 0 Å². The molecule has 80 valence electrons. The number of aliphatic imine (C=N–C) groups is 1. The van der Waals surface area contributed by atoms with E-state index >= 15 is 0 Å². The summed E-state index contributed by atoms with van der Waals surface area (Å²) in [6.07, 6.45) is 7.66. The van der Waals surface area contributed by atoms with Crippen molar-refractivity contribution >= 4 is 6.21 Å². The second-order valence-corrected chi connectivity index (χ2v) is 1.83. The highest BCUT2D eigenvalue weighted by Gasteiger charge is 1.63. The summed E-state index contributed by atoms with van der Waals surface area (Å²) in [5, 5.41) is 8.11. The molecule has 14 heavy (non-hydrogen) atoms. The zero-order valence-electron chi connectivity index (χ0n) is 8.86. The van der Waals surface area contributed by atoms with Crippen molar-refractivity contribution in [2.45, 2.75) is 6.42 Å². The molecule has 0 saturated heterocycles. The standard InChI is InChI=1S/C5H9NO.C5H8.C2H4/c1-2-3-6-4-5-7;1-3-5-4-2;1-2/h2,4,7H,1,3,5H2;3-4H,1-2,5H2;1-2H2. The Morgan fingerprint density at radius 1 is 1.00 bits per heavy atom. The highest BCUT2D eigenvalue weighted by atomic mass is 16.2. The van der Waals surface area contributed by atoms with E-state index in [4.69, 9.17) is 5.11 Å². The van der Waals surface area contributed by atoms with Crippen LogP contribution in [0.5, 0.6) is 0 Å². The van der Waals surface area contributed by atoms with E-state index in [1.54, 1.807) is 6.08 Å². The molecule has 0 unspecified atom stereocenters. The Morgan fingerprint density at radius 2 is 1.50 bits per heavy atom. The summed E-state index contributed by atoms with van der Waals surface area (Å²) in [6, 6.07) is 0. The Hall–Kier alpha value is -1.41. The molecule has 0 heterocycles. The Bertz CT molecular complexity index is 144. The van der Waals surface area contributed by atoms with Crippen LogP contribution in [0.1, 0.15) is 6.42 Å². The predicted octanol–water partition coefficient (Wildman–Crippen LogP) is 2.79. The van der Waals surface area contributed by atoms with E-state index in [1.165, 1.54) is 6.21 Å². The van der Waals surface area contributed by atoms with Crippen molar-refractivity contribution < 1.29 is 5.11 Å². The molecule has 0 radical (unpaired) electrons. The minimum Gasteiger partial charge on any atom is -0.391 e. The van der Waals surface area contributed by atoms with Crippen LogP contribution in [0.15, 0.2) is 56.1 Å². The van der Waals surface area contributed by atoms with Gasteiger partial charge < -0.3 is 5.11 Å². The first-order valence-corrected chi connectivity index (χ1v) is 4.25. The van der Waals surface area contributed by atoms with E-state index in [9.17, 15) is 0 Å². The Labute approximate surface area is 87.7 Å². The highest BCUT2D eigenvalue weighted by molar-refractivity contribution is 5.58. The van der Waals surface area contributed by atoms with Gasteiger partial charge >= 0.3 is 0 Å². The van der Waals surface area contributed by atoms with Crippen molar-refractivity contribution in [2.24, 2.45) is 4.99 Å². The van der Waals surface area contributed by atoms with Crippen LogP contribution < -0.4 is 0 Å². The first-order valence-electron chi connectivity index (χ1n) is 4.25. The lowest BCUT2D eigenvalue weighted by atomic mass is 10.4. The fraction of sp³-hybridized carbons (Fsp3) is 0.250. The molecule has 2 heteroatoms. The normalized spacial score (nSPS) is 7.50. The van der Waals surface area contributed by atoms with Gasteiger partial charge in [-0.3, -0.25) is 4.99 Å². The molecule has 0 aromatic carbocycles. The monoisotopic (exact) mass is 195 g/mol. The van der Waals surface area contributed by atoms with Crippen molar-refractivity contribution in [1.82, 2.24) is 0 Å². The van der Waals surface area contributed by atoms with Gasteiger partial charge in [-0.25, -0.2) is 0 Å². The number of aliphatic hydroxyl groups excluding tert-OH is 1. The lowest BCUT2D eigenvalue weighted by Crippen LogP contribution is -1.81. The Balaban J connectivity index is -0.000000152. The molecular formula is C12H21NO. The van der Waals surface area contributed by atoms with E-state index < -0.39 is 0 Å². The molecule has 0 spiro atoms. The highest BCUT2D eigenvalue weighted by Crippen LogP contribution is 1.73. The molecule has 0 aliphatic rings. The predicted molar refractivity (Wildman–Crippen MR) is 66.9 cm³/mol. The van der Waals surface area contributed by atoms with Crippen molar-refractivity contribution in [3.05, 3.63) is 51.1 Å². The molecule has 0 aliphatic carbocycles. The largest absolute Gasteiger partial charge is 0.391 e. The van der Waals surface area contributed by atoms with Gasteiger partial charge in [-0.1, -0.05) is 18.2 Å². The van der Waals surface area contributed by atoms with E-state index in [0.717, 1.165) is 6.42 Å². The maximum atomic E-state index is 8.11. The van der Waals surface area contributed by atoms with E-state index in [0.29, 0.717) is 6.54 Å². The molecule has 0 atom stereocenters. The van der Waals surface area contributed by atoms with Crippen LogP contribution in [-0.2, 0) is 0 Å². The fourth-order valence-electron chi connectivity index (χ4n) is 0.325. The van der Waals surface area contributed by atoms with Gasteiger partial charge in [0.2, 0.25) is 0 Å². The number of hydrogen-bond acceptors (Lipinski definition) is 2. The van der Waals surface area contributed by atoms with Crippen LogP contribution in [-0.4, -0.2) is 24.5 Å². The van der Waals surface area contributed by atoms with E-state index in [2.05, 4.69) is 37.9 Å². The van der Waals surface area contributed by atoms with Crippen molar-refractivity contribution in [3.8, 4) is 0 Å². The van der Waals surface area contributed by atoms with Crippen molar-refractivity contribution in [1.29, 1.82) is 0 Å². The summed E-state index contributed by atoms with van der Waals surface area (Å²) in [5.41, 5.74) is 0. The van der Waals surface area contributed by atoms with Gasteiger partial charge in [0, 0.05) is 6.21 Å². The lowest BCUT2D eigenvalue weighted by Gasteiger charge is -1.76. The van der Waals surface area contributed by atoms with Crippen LogP contribution in [0.25, 0.3) is 0 Å². The zero-order valence-corrected chi connectivity index (χ0v) is 8.86. The molecule has 0 rings (SSSR count). The smallest absolute Gasteiger partial charge is 0.0779 e. The lowest BCUT2D eigenvalue weighted by molar-refractivity contribution is 0.361. The number of nitrogens with zero attached hydrogens (tertiary/aromatic N) is 1. The van der Waals surface area contributed by atoms with Gasteiger partial charge in [-0.15, -0.1) is 32.9 Å². The maximum absolute atomic E-state index is 8.11. The SMILES string of the molecule is C=C.C=CCC=C.C=CCN=CCO. The third-order valence-electron chi connectivity index (χ3n) is 0.779. The fourth-order valence-corrected chi connectivity index (χ4v) is 0.325. The number of allylic oxidation sites excluding steroid dienone is 2. The molecule has 2 nitrogen and oxygen atoms in total. The van der Waals surface area contributed by atoms with E-state index in [1.807, 2.05) is 12.2 Å². The summed E-state index contributed by atoms with van der Waals surface area (Å²) >= 11 is 0. The first-order chi connectivity index (χ1) is 6.83. The topological polar surface area (TPSA) is 32.6 Å². The number of aliphatic hydroxyl groups is 1. The second kappa shape index (κ2) is 29.9. The van der Waals surface area contributed by atoms with Crippen LogP contribution in [0, 0.1) is 0 Å². The summed E-state index contributed by atoms with van der Waals surface area (Å²) in [6.45, 7) is 17.0. The minimum atomic E-state index is 0.0217. The molecule has 0 aromatic rings. The number of hydrogen-bond donors (Lipinski definition) is 1. The van der Waals surface area contributed by atoms with Crippen LogP contribution >= 0.6 is 0 Å². The summed E-state index contributed by atoms with van der Waals surface area (Å²) < 4.78 is 0. The molecule has 1 N–H and O–H groups in total. The van der Waals surface area contributed by atoms with Crippen LogP contribution in [0.2, 0.25) is 0 Å². The van der Waals surface area contributed by atoms with E-state index in [-0.39, 0.29) is 6.61 Å². The Morgan fingerprint density at radius 3 is 1.71 bits per heavy atom. The van der Waals surface area contributed by atoms with Gasteiger partial charge in [-0.05, 0) is 6.42 Å². The molecule has 0 amide bonds. The van der Waals surface area contributed by atoms with Crippen LogP contribution in [0.3, 0.4) is 0 Å². The molecule has 0 aromatic heterocycles. The summed E-state index contributed by atoms with van der Waals surface area (Å²) in [7, 11) is 0. The van der Waals surface area contributed by atoms with Gasteiger partial charge in [0.15, 0.2) is 0 Å². The number of rotatable bonds is 5. The Kier molecular flexibility index (Phi) is 39.3. The third kappa shape index (κ3) is 46.2. The summed E-state index contributed by atoms with van der Waals surface area (Å²) in [4.78, 5) is 3.72. The van der Waals surface area contributed by atoms with Gasteiger partial charge in [0.25, 0.3) is 0 Å². The maximum Gasteiger partial charge on any atom is 0.0779 e. The zero-order chi connectivity index (χ0) is 11.7. The van der Waals surface area contributed by atoms with Gasteiger partial charge in [0.05, 0.1) is 13.2 Å². The third-order valence-corrected chi connectivity index (χ3v) is 0.779. The molecule has 0 fully saturated rings. The molecular weight excluding hydrogens is 174 g/mol. The summed E-state index contributed by atoms with van der Waals surface area (Å²) in [5.74, 6) is 0. The molecule has 0 aliphatic heterocycles. The van der Waals surface area contributed by atoms with Crippen LogP contribution in [0.4, 0.5) is 0 Å². The first kappa shape index (κ1) is 18.4. The quantitative estimate of drug-likeness (QED) is 0.531. The molecule has 0 saturated carbocycles. The minimum absolute atomic E-state index is 0.0217. The average molecular weight is 195 g/mol. The van der Waals surface area contributed by atoms with Gasteiger partial charge in [0.1, 0.15) is 0 Å². The average Bonchev–Trinajstić information content (AvgIpc) is 2.24. The molecule has 0 bridgehead atoms. The van der Waals surface area contributed by atoms with Gasteiger partial charge in [-0.2, -0.15) is 0 Å².